The van der Waals surface area contributed by atoms with Gasteiger partial charge in [0.1, 0.15) is 5.84 Å². The minimum atomic E-state index is -0.672. The number of nitrogens with zero attached hydrogens (tertiary/aromatic N) is 2. The molecular formula is C18H30N2O3. The summed E-state index contributed by atoms with van der Waals surface area (Å²) in [5, 5.41) is 8.87. The molecule has 130 valence electrons. The normalized spacial score (nSPS) is 27.0. The Balaban J connectivity index is 1.70. The Morgan fingerprint density at radius 3 is 2.35 bits per heavy atom. The van der Waals surface area contributed by atoms with Crippen molar-refractivity contribution in [2.75, 3.05) is 13.1 Å². The summed E-state index contributed by atoms with van der Waals surface area (Å²) in [6, 6.07) is 0. The molecule has 2 rings (SSSR count). The molecular weight excluding hydrogens is 292 g/mol. The van der Waals surface area contributed by atoms with E-state index >= 15 is 0 Å². The monoisotopic (exact) mass is 322 g/mol. The fraction of sp³-hybridized carbons (Fsp3) is 0.778. The maximum absolute atomic E-state index is 10.8. The number of likely N-dealkylation sites (tertiary alicyclic amines) is 1. The first-order chi connectivity index (χ1) is 11.1. The average Bonchev–Trinajstić information content (AvgIpc) is 2.55. The Labute approximate surface area is 139 Å². The van der Waals surface area contributed by atoms with Gasteiger partial charge < -0.3 is 14.7 Å². The zero-order valence-corrected chi connectivity index (χ0v) is 14.2. The maximum Gasteiger partial charge on any atom is 0.303 e. The number of aliphatic carboxylic acids is 1. The first-order valence-corrected chi connectivity index (χ1v) is 8.92. The molecule has 0 radical (unpaired) electrons. The van der Waals surface area contributed by atoms with Crippen molar-refractivity contribution < 1.29 is 14.6 Å². The van der Waals surface area contributed by atoms with Crippen LogP contribution in [-0.4, -0.2) is 47.1 Å². The molecule has 1 aliphatic carbocycles. The van der Waals surface area contributed by atoms with Gasteiger partial charge in [0, 0.05) is 32.1 Å². The summed E-state index contributed by atoms with van der Waals surface area (Å²) < 4.78 is 6.27. The number of ether oxygens (including phenoxy) is 1. The van der Waals surface area contributed by atoms with Crippen molar-refractivity contribution in [1.29, 1.82) is 0 Å². The largest absolute Gasteiger partial charge is 0.481 e. The van der Waals surface area contributed by atoms with Crippen LogP contribution in [0.1, 0.15) is 58.3 Å². The lowest BCUT2D eigenvalue weighted by Crippen LogP contribution is -2.42. The minimum absolute atomic E-state index is 0.313. The molecule has 0 aromatic carbocycles. The molecule has 0 unspecified atom stereocenters. The van der Waals surface area contributed by atoms with Crippen LogP contribution in [0.5, 0.6) is 0 Å². The summed E-state index contributed by atoms with van der Waals surface area (Å²) in [4.78, 5) is 17.5. The number of aliphatic imine (C=N–C) groups is 1. The van der Waals surface area contributed by atoms with Crippen molar-refractivity contribution in [3.8, 4) is 0 Å². The molecule has 1 aliphatic heterocycles. The third-order valence-corrected chi connectivity index (χ3v) is 5.01. The van der Waals surface area contributed by atoms with Gasteiger partial charge in [0.15, 0.2) is 0 Å². The molecule has 0 spiro atoms. The van der Waals surface area contributed by atoms with Gasteiger partial charge in [-0.05, 0) is 44.4 Å². The van der Waals surface area contributed by atoms with E-state index in [2.05, 4.69) is 23.4 Å². The van der Waals surface area contributed by atoms with Crippen molar-refractivity contribution in [2.24, 2.45) is 10.9 Å². The molecule has 1 heterocycles. The van der Waals surface area contributed by atoms with Crippen LogP contribution in [-0.2, 0) is 9.53 Å². The summed E-state index contributed by atoms with van der Waals surface area (Å²) in [7, 11) is 0. The van der Waals surface area contributed by atoms with Crippen LogP contribution in [0.2, 0.25) is 0 Å². The SMILES string of the molecule is C=CN=C(CC)N1CCC(OC2CCC(CC(=O)O)CC2)CC1. The second kappa shape index (κ2) is 9.06. The molecule has 1 saturated heterocycles. The summed E-state index contributed by atoms with van der Waals surface area (Å²) >= 11 is 0. The van der Waals surface area contributed by atoms with Crippen LogP contribution >= 0.6 is 0 Å². The highest BCUT2D eigenvalue weighted by Gasteiger charge is 2.27. The molecule has 1 saturated carbocycles. The molecule has 0 aromatic rings. The van der Waals surface area contributed by atoms with Crippen molar-refractivity contribution in [3.63, 3.8) is 0 Å². The van der Waals surface area contributed by atoms with E-state index in [4.69, 9.17) is 9.84 Å². The van der Waals surface area contributed by atoms with Gasteiger partial charge in [-0.2, -0.15) is 0 Å². The first-order valence-electron chi connectivity index (χ1n) is 8.92. The summed E-state index contributed by atoms with van der Waals surface area (Å²) in [6.07, 6.45) is 9.63. The van der Waals surface area contributed by atoms with Gasteiger partial charge in [0.25, 0.3) is 0 Å². The molecule has 5 nitrogen and oxygen atoms in total. The van der Waals surface area contributed by atoms with Crippen LogP contribution < -0.4 is 0 Å². The van der Waals surface area contributed by atoms with Crippen molar-refractivity contribution in [3.05, 3.63) is 12.8 Å². The van der Waals surface area contributed by atoms with Gasteiger partial charge >= 0.3 is 5.97 Å². The van der Waals surface area contributed by atoms with E-state index in [-0.39, 0.29) is 0 Å². The number of carboxylic acid groups (broad SMARTS) is 1. The van der Waals surface area contributed by atoms with E-state index in [9.17, 15) is 4.79 Å². The van der Waals surface area contributed by atoms with Crippen LogP contribution in [0.4, 0.5) is 0 Å². The van der Waals surface area contributed by atoms with Crippen LogP contribution in [0, 0.1) is 5.92 Å². The standard InChI is InChI=1S/C18H30N2O3/c1-3-17(19-4-2)20-11-9-16(10-12-20)23-15-7-5-14(6-8-15)13-18(21)22/h4,14-16H,2-3,5-13H2,1H3,(H,21,22). The highest BCUT2D eigenvalue weighted by Crippen LogP contribution is 2.30. The predicted octanol–water partition coefficient (Wildman–Crippen LogP) is 3.45. The van der Waals surface area contributed by atoms with Crippen molar-refractivity contribution >= 4 is 11.8 Å². The zero-order valence-electron chi connectivity index (χ0n) is 14.2. The second-order valence-electron chi connectivity index (χ2n) is 6.64. The Morgan fingerprint density at radius 2 is 1.83 bits per heavy atom. The average molecular weight is 322 g/mol. The number of hydrogen-bond acceptors (Lipinski definition) is 3. The summed E-state index contributed by atoms with van der Waals surface area (Å²) in [5.41, 5.74) is 0. The van der Waals surface area contributed by atoms with Gasteiger partial charge in [0.05, 0.1) is 12.2 Å². The van der Waals surface area contributed by atoms with Gasteiger partial charge in [0.2, 0.25) is 0 Å². The van der Waals surface area contributed by atoms with E-state index in [1.807, 2.05) is 0 Å². The quantitative estimate of drug-likeness (QED) is 0.601. The van der Waals surface area contributed by atoms with E-state index < -0.39 is 5.97 Å². The molecule has 5 heteroatoms. The summed E-state index contributed by atoms with van der Waals surface area (Å²) in [6.45, 7) is 7.81. The Morgan fingerprint density at radius 1 is 1.22 bits per heavy atom. The maximum atomic E-state index is 10.8. The molecule has 2 fully saturated rings. The number of carbonyl (C=O) groups is 1. The highest BCUT2D eigenvalue weighted by molar-refractivity contribution is 5.82. The lowest BCUT2D eigenvalue weighted by molar-refractivity contribution is -0.138. The van der Waals surface area contributed by atoms with Crippen LogP contribution in [0.25, 0.3) is 0 Å². The van der Waals surface area contributed by atoms with E-state index in [0.29, 0.717) is 24.5 Å². The summed E-state index contributed by atoms with van der Waals surface area (Å²) in [5.74, 6) is 0.790. The van der Waals surface area contributed by atoms with Gasteiger partial charge in [-0.1, -0.05) is 13.5 Å². The van der Waals surface area contributed by atoms with Crippen LogP contribution in [0.3, 0.4) is 0 Å². The number of piperidine rings is 1. The molecule has 0 atom stereocenters. The van der Waals surface area contributed by atoms with Gasteiger partial charge in [-0.25, -0.2) is 4.99 Å². The third kappa shape index (κ3) is 5.65. The molecule has 23 heavy (non-hydrogen) atoms. The smallest absolute Gasteiger partial charge is 0.303 e. The number of amidine groups is 1. The number of rotatable bonds is 6. The first kappa shape index (κ1) is 18.0. The molecule has 0 aromatic heterocycles. The van der Waals surface area contributed by atoms with E-state index in [0.717, 1.165) is 63.9 Å². The molecule has 2 aliphatic rings. The minimum Gasteiger partial charge on any atom is -0.481 e. The fourth-order valence-electron chi connectivity index (χ4n) is 3.74. The second-order valence-corrected chi connectivity index (χ2v) is 6.64. The number of hydrogen-bond donors (Lipinski definition) is 1. The van der Waals surface area contributed by atoms with Gasteiger partial charge in [-0.3, -0.25) is 4.79 Å². The Bertz CT molecular complexity index is 420. The third-order valence-electron chi connectivity index (χ3n) is 5.01. The Hall–Kier alpha value is -1.36. The highest BCUT2D eigenvalue weighted by atomic mass is 16.5. The fourth-order valence-corrected chi connectivity index (χ4v) is 3.74. The number of carboxylic acids is 1. The zero-order chi connectivity index (χ0) is 16.7. The van der Waals surface area contributed by atoms with E-state index in [1.54, 1.807) is 6.20 Å². The molecule has 1 N–H and O–H groups in total. The molecule has 0 amide bonds. The lowest BCUT2D eigenvalue weighted by Gasteiger charge is -2.37. The Kier molecular flexibility index (Phi) is 7.09. The predicted molar refractivity (Wildman–Crippen MR) is 91.6 cm³/mol. The van der Waals surface area contributed by atoms with Crippen molar-refractivity contribution in [1.82, 2.24) is 4.90 Å². The van der Waals surface area contributed by atoms with Gasteiger partial charge in [-0.15, -0.1) is 0 Å². The molecule has 0 bridgehead atoms. The lowest BCUT2D eigenvalue weighted by atomic mass is 9.85. The van der Waals surface area contributed by atoms with Crippen LogP contribution in [0.15, 0.2) is 17.8 Å². The topological polar surface area (TPSA) is 62.1 Å². The van der Waals surface area contributed by atoms with Crippen molar-refractivity contribution in [2.45, 2.75) is 70.5 Å². The van der Waals surface area contributed by atoms with E-state index in [1.165, 1.54) is 0 Å².